The van der Waals surface area contributed by atoms with E-state index in [-0.39, 0.29) is 73.4 Å². The highest BCUT2D eigenvalue weighted by Gasteiger charge is 2.42. The molecule has 0 bridgehead atoms. The molecule has 1 saturated heterocycles. The lowest BCUT2D eigenvalue weighted by Crippen LogP contribution is -2.60. The number of aromatic nitrogens is 1. The first-order valence-corrected chi connectivity index (χ1v) is 15.9. The summed E-state index contributed by atoms with van der Waals surface area (Å²) in [7, 11) is 0. The van der Waals surface area contributed by atoms with E-state index in [1.54, 1.807) is 19.1 Å². The third-order valence-electron chi connectivity index (χ3n) is 8.31. The van der Waals surface area contributed by atoms with Crippen molar-refractivity contribution in [1.82, 2.24) is 9.58 Å². The molecule has 0 spiro atoms. The first-order valence-electron chi connectivity index (χ1n) is 14.9. The lowest BCUT2D eigenvalue weighted by atomic mass is 9.90. The molecule has 1 amide bonds. The first-order chi connectivity index (χ1) is 22.4. The van der Waals surface area contributed by atoms with Crippen LogP contribution in [0.3, 0.4) is 0 Å². The first kappa shape index (κ1) is 30.0. The maximum atomic E-state index is 15.5. The van der Waals surface area contributed by atoms with E-state index in [2.05, 4.69) is 5.43 Å². The Balaban J connectivity index is 1.53. The summed E-state index contributed by atoms with van der Waals surface area (Å²) in [5, 5.41) is 0. The highest BCUT2D eigenvalue weighted by molar-refractivity contribution is 7.98. The summed E-state index contributed by atoms with van der Waals surface area (Å²) in [5.74, 6) is -3.90. The van der Waals surface area contributed by atoms with E-state index in [1.807, 2.05) is 42.5 Å². The Morgan fingerprint density at radius 2 is 1.85 bits per heavy atom. The van der Waals surface area contributed by atoms with Crippen molar-refractivity contribution in [1.29, 1.82) is 0 Å². The topological polar surface area (TPSA) is 99.1 Å². The zero-order valence-corrected chi connectivity index (χ0v) is 25.6. The second-order valence-corrected chi connectivity index (χ2v) is 12.0. The molecule has 46 heavy (non-hydrogen) atoms. The number of rotatable bonds is 6. The van der Waals surface area contributed by atoms with E-state index in [1.165, 1.54) is 21.3 Å². The average molecular weight is 646 g/mol. The minimum atomic E-state index is -1.15. The van der Waals surface area contributed by atoms with Crippen LogP contribution in [-0.4, -0.2) is 54.0 Å². The van der Waals surface area contributed by atoms with Crippen molar-refractivity contribution in [3.63, 3.8) is 0 Å². The maximum Gasteiger partial charge on any atom is 0.344 e. The zero-order chi connectivity index (χ0) is 31.9. The van der Waals surface area contributed by atoms with Gasteiger partial charge in [-0.25, -0.2) is 18.3 Å². The Morgan fingerprint density at radius 3 is 2.65 bits per heavy atom. The standard InChI is InChI=1S/C34H29F2N3O6S/c1-2-44-34(42)27-29(22-15-24(35)28(36)23-18-46-25-11-7-6-10-20(25)14-21(22)23)39-30(33(41)38-12-13-43-17-26(38)37-39)32(31(27)40)45-16-19-8-4-3-5-9-19/h3-11,15,26,37H,2,12-14,16-18H2,1H3/t26-/m0/s1. The van der Waals surface area contributed by atoms with Crippen molar-refractivity contribution in [2.45, 2.75) is 36.8 Å². The number of carbonyl (C=O) groups excluding carboxylic acids is 2. The Morgan fingerprint density at radius 1 is 1.07 bits per heavy atom. The Labute approximate surface area is 267 Å². The van der Waals surface area contributed by atoms with E-state index in [9.17, 15) is 14.4 Å². The van der Waals surface area contributed by atoms with Gasteiger partial charge in [-0.05, 0) is 42.2 Å². The number of nitrogens with one attached hydrogen (secondary N) is 1. The molecule has 7 rings (SSSR count). The smallest absolute Gasteiger partial charge is 0.344 e. The Hall–Kier alpha value is -4.68. The molecule has 1 atom stereocenters. The number of carbonyl (C=O) groups is 2. The fraction of sp³-hybridized carbons (Fsp3) is 0.265. The number of fused-ring (bicyclic) bond motifs is 4. The van der Waals surface area contributed by atoms with E-state index in [0.29, 0.717) is 5.56 Å². The molecule has 3 aliphatic heterocycles. The lowest BCUT2D eigenvalue weighted by Gasteiger charge is -2.42. The molecule has 0 unspecified atom stereocenters. The third kappa shape index (κ3) is 5.11. The second-order valence-electron chi connectivity index (χ2n) is 11.0. The van der Waals surface area contributed by atoms with Crippen LogP contribution in [0.2, 0.25) is 0 Å². The number of thioether (sulfide) groups is 1. The van der Waals surface area contributed by atoms with Gasteiger partial charge in [0.15, 0.2) is 23.1 Å². The molecule has 1 fully saturated rings. The monoisotopic (exact) mass is 645 g/mol. The highest BCUT2D eigenvalue weighted by atomic mass is 32.2. The number of nitrogens with zero attached hydrogens (tertiary/aromatic N) is 2. The van der Waals surface area contributed by atoms with Gasteiger partial charge in [0, 0.05) is 28.3 Å². The molecule has 0 radical (unpaired) electrons. The van der Waals surface area contributed by atoms with Gasteiger partial charge in [-0.15, -0.1) is 11.8 Å². The van der Waals surface area contributed by atoms with Crippen LogP contribution in [-0.2, 0) is 28.3 Å². The minimum Gasteiger partial charge on any atom is -0.482 e. The summed E-state index contributed by atoms with van der Waals surface area (Å²) in [5.41, 5.74) is 3.80. The van der Waals surface area contributed by atoms with Crippen molar-refractivity contribution >= 4 is 23.6 Å². The molecule has 3 aliphatic rings. The molecule has 4 heterocycles. The molecule has 12 heteroatoms. The molecule has 4 aromatic rings. The predicted octanol–water partition coefficient (Wildman–Crippen LogP) is 5.10. The molecule has 0 saturated carbocycles. The third-order valence-corrected chi connectivity index (χ3v) is 9.45. The quantitative estimate of drug-likeness (QED) is 0.290. The molecule has 3 aromatic carbocycles. The Bertz CT molecular complexity index is 1930. The van der Waals surface area contributed by atoms with Gasteiger partial charge in [0.05, 0.1) is 25.5 Å². The number of morpholine rings is 1. The van der Waals surface area contributed by atoms with Crippen molar-refractivity contribution in [3.05, 3.63) is 116 Å². The van der Waals surface area contributed by atoms with Crippen molar-refractivity contribution in [2.24, 2.45) is 0 Å². The SMILES string of the molecule is CCOC(=O)c1c(-c2cc(F)c(F)c3c2Cc2ccccc2SC3)n2c(c(OCc3ccccc3)c1=O)C(=O)N1CCOC[C@H]1N2. The van der Waals surface area contributed by atoms with Gasteiger partial charge in [0.2, 0.25) is 5.43 Å². The maximum absolute atomic E-state index is 15.5. The summed E-state index contributed by atoms with van der Waals surface area (Å²) in [6.45, 7) is 2.11. The summed E-state index contributed by atoms with van der Waals surface area (Å²) < 4.78 is 49.4. The number of amides is 1. The fourth-order valence-electron chi connectivity index (χ4n) is 6.14. The minimum absolute atomic E-state index is 0.0594. The summed E-state index contributed by atoms with van der Waals surface area (Å²) in [4.78, 5) is 44.8. The van der Waals surface area contributed by atoms with Gasteiger partial charge >= 0.3 is 5.97 Å². The fourth-order valence-corrected chi connectivity index (χ4v) is 7.24. The van der Waals surface area contributed by atoms with Gasteiger partial charge in [-0.3, -0.25) is 9.59 Å². The van der Waals surface area contributed by atoms with Crippen LogP contribution < -0.4 is 15.6 Å². The predicted molar refractivity (Wildman–Crippen MR) is 167 cm³/mol. The van der Waals surface area contributed by atoms with E-state index < -0.39 is 40.7 Å². The molecule has 236 valence electrons. The normalized spacial score (nSPS) is 16.7. The molecule has 1 aromatic heterocycles. The number of hydrogen-bond acceptors (Lipinski definition) is 8. The number of pyridine rings is 1. The summed E-state index contributed by atoms with van der Waals surface area (Å²) >= 11 is 1.37. The highest BCUT2D eigenvalue weighted by Crippen LogP contribution is 2.42. The number of halogens is 2. The molecule has 1 N–H and O–H groups in total. The number of hydrogen-bond donors (Lipinski definition) is 1. The molecule has 9 nitrogen and oxygen atoms in total. The van der Waals surface area contributed by atoms with Gasteiger partial charge in [0.25, 0.3) is 5.91 Å². The van der Waals surface area contributed by atoms with Gasteiger partial charge in [-0.1, -0.05) is 48.5 Å². The molecular weight excluding hydrogens is 616 g/mol. The van der Waals surface area contributed by atoms with Gasteiger partial charge < -0.3 is 24.5 Å². The molecule has 0 aliphatic carbocycles. The van der Waals surface area contributed by atoms with Gasteiger partial charge in [0.1, 0.15) is 18.3 Å². The number of esters is 1. The zero-order valence-electron chi connectivity index (χ0n) is 24.8. The van der Waals surface area contributed by atoms with Crippen molar-refractivity contribution in [2.75, 3.05) is 31.8 Å². The number of benzene rings is 3. The summed E-state index contributed by atoms with van der Waals surface area (Å²) in [6, 6.07) is 17.6. The number of ether oxygens (including phenoxy) is 3. The lowest BCUT2D eigenvalue weighted by molar-refractivity contribution is -0.00319. The van der Waals surface area contributed by atoms with Crippen molar-refractivity contribution < 1.29 is 32.6 Å². The average Bonchev–Trinajstić information content (AvgIpc) is 3.27. The largest absolute Gasteiger partial charge is 0.482 e. The molecular formula is C34H29F2N3O6S. The van der Waals surface area contributed by atoms with Crippen LogP contribution in [0.25, 0.3) is 11.3 Å². The van der Waals surface area contributed by atoms with E-state index >= 15 is 8.78 Å². The van der Waals surface area contributed by atoms with E-state index in [4.69, 9.17) is 14.2 Å². The van der Waals surface area contributed by atoms with Crippen LogP contribution >= 0.6 is 11.8 Å². The van der Waals surface area contributed by atoms with Crippen LogP contribution in [0, 0.1) is 11.6 Å². The van der Waals surface area contributed by atoms with Crippen LogP contribution in [0.15, 0.2) is 70.4 Å². The van der Waals surface area contributed by atoms with Crippen molar-refractivity contribution in [3.8, 4) is 17.0 Å². The Kier molecular flexibility index (Phi) is 7.99. The van der Waals surface area contributed by atoms with Crippen LogP contribution in [0.1, 0.15) is 50.0 Å². The van der Waals surface area contributed by atoms with Crippen LogP contribution in [0.4, 0.5) is 8.78 Å². The summed E-state index contributed by atoms with van der Waals surface area (Å²) in [6.07, 6.45) is -0.484. The van der Waals surface area contributed by atoms with Crippen LogP contribution in [0.5, 0.6) is 5.75 Å². The second kappa shape index (κ2) is 12.3. The van der Waals surface area contributed by atoms with E-state index in [0.717, 1.165) is 22.1 Å². The van der Waals surface area contributed by atoms with Gasteiger partial charge in [-0.2, -0.15) is 0 Å².